The second-order valence-electron chi connectivity index (χ2n) is 5.60. The number of nitrogen functional groups attached to an aromatic ring is 1. The van der Waals surface area contributed by atoms with Gasteiger partial charge in [0.1, 0.15) is 0 Å². The monoisotopic (exact) mass is 351 g/mol. The number of anilines is 1. The van der Waals surface area contributed by atoms with E-state index in [4.69, 9.17) is 10.5 Å². The van der Waals surface area contributed by atoms with Gasteiger partial charge in [0, 0.05) is 17.4 Å². The van der Waals surface area contributed by atoms with Gasteiger partial charge in [0.15, 0.2) is 11.5 Å². The molecule has 0 saturated carbocycles. The molecule has 1 aromatic heterocycles. The van der Waals surface area contributed by atoms with Crippen molar-refractivity contribution in [1.82, 2.24) is 9.97 Å². The van der Waals surface area contributed by atoms with E-state index < -0.39 is 11.2 Å². The predicted molar refractivity (Wildman–Crippen MR) is 101 cm³/mol. The molecule has 132 valence electrons. The number of hydrogen-bond donors (Lipinski definition) is 4. The minimum atomic E-state index is -0.597. The standard InChI is InChI=1S/C19H17N3O4/c1-26-17-12(5-2-11-3-6-14(20)7-4-11)8-13(9-16(17)23)15-10-21-19(25)22-18(15)24/h2-10,23H,20H2,1H3,(H2,21,22,24,25)/b5-2+. The van der Waals surface area contributed by atoms with Crippen LogP contribution in [0.1, 0.15) is 11.1 Å². The second-order valence-corrected chi connectivity index (χ2v) is 5.60. The zero-order valence-electron chi connectivity index (χ0n) is 13.9. The summed E-state index contributed by atoms with van der Waals surface area (Å²) in [7, 11) is 1.45. The van der Waals surface area contributed by atoms with Crippen molar-refractivity contribution in [3.8, 4) is 22.6 Å². The van der Waals surface area contributed by atoms with E-state index in [1.165, 1.54) is 19.4 Å². The first-order chi connectivity index (χ1) is 12.5. The molecule has 1 heterocycles. The third-order valence-electron chi connectivity index (χ3n) is 3.82. The van der Waals surface area contributed by atoms with Crippen LogP contribution in [-0.4, -0.2) is 22.2 Å². The van der Waals surface area contributed by atoms with Crippen LogP contribution in [0.25, 0.3) is 23.3 Å². The van der Waals surface area contributed by atoms with Crippen LogP contribution in [0.5, 0.6) is 11.5 Å². The lowest BCUT2D eigenvalue weighted by molar-refractivity contribution is 0.373. The van der Waals surface area contributed by atoms with Gasteiger partial charge < -0.3 is 20.6 Å². The molecule has 0 bridgehead atoms. The fourth-order valence-corrected chi connectivity index (χ4v) is 2.55. The van der Waals surface area contributed by atoms with E-state index in [1.54, 1.807) is 24.3 Å². The van der Waals surface area contributed by atoms with Crippen LogP contribution in [0.3, 0.4) is 0 Å². The average molecular weight is 351 g/mol. The molecule has 3 rings (SSSR count). The van der Waals surface area contributed by atoms with E-state index in [-0.39, 0.29) is 17.1 Å². The lowest BCUT2D eigenvalue weighted by atomic mass is 10.0. The van der Waals surface area contributed by atoms with Crippen molar-refractivity contribution in [2.24, 2.45) is 0 Å². The third-order valence-corrected chi connectivity index (χ3v) is 3.82. The third kappa shape index (κ3) is 3.51. The zero-order valence-corrected chi connectivity index (χ0v) is 13.9. The molecule has 0 spiro atoms. The minimum absolute atomic E-state index is 0.118. The first-order valence-corrected chi connectivity index (χ1v) is 7.75. The van der Waals surface area contributed by atoms with Crippen LogP contribution >= 0.6 is 0 Å². The van der Waals surface area contributed by atoms with Crippen molar-refractivity contribution in [1.29, 1.82) is 0 Å². The maximum atomic E-state index is 12.0. The van der Waals surface area contributed by atoms with E-state index in [9.17, 15) is 14.7 Å². The molecule has 0 aliphatic rings. The highest BCUT2D eigenvalue weighted by Gasteiger charge is 2.12. The maximum Gasteiger partial charge on any atom is 0.325 e. The number of ether oxygens (including phenoxy) is 1. The summed E-state index contributed by atoms with van der Waals surface area (Å²) in [6.45, 7) is 0. The highest BCUT2D eigenvalue weighted by atomic mass is 16.5. The van der Waals surface area contributed by atoms with E-state index in [2.05, 4.69) is 9.97 Å². The Morgan fingerprint density at radius 2 is 1.85 bits per heavy atom. The molecule has 0 fully saturated rings. The fourth-order valence-electron chi connectivity index (χ4n) is 2.55. The SMILES string of the molecule is COc1c(O)cc(-c2c[nH]c(=O)[nH]c2=O)cc1/C=C/c1ccc(N)cc1. The van der Waals surface area contributed by atoms with Gasteiger partial charge in [-0.3, -0.25) is 9.78 Å². The number of nitrogens with two attached hydrogens (primary N) is 1. The molecule has 7 nitrogen and oxygen atoms in total. The van der Waals surface area contributed by atoms with Gasteiger partial charge in [-0.25, -0.2) is 4.79 Å². The highest BCUT2D eigenvalue weighted by molar-refractivity contribution is 5.79. The summed E-state index contributed by atoms with van der Waals surface area (Å²) in [6.07, 6.45) is 4.89. The maximum absolute atomic E-state index is 12.0. The Kier molecular flexibility index (Phi) is 4.62. The topological polar surface area (TPSA) is 121 Å². The molecule has 2 aromatic carbocycles. The predicted octanol–water partition coefficient (Wildman–Crippen LogP) is 2.20. The minimum Gasteiger partial charge on any atom is -0.504 e. The highest BCUT2D eigenvalue weighted by Crippen LogP contribution is 2.35. The van der Waals surface area contributed by atoms with Crippen LogP contribution in [-0.2, 0) is 0 Å². The van der Waals surface area contributed by atoms with Crippen molar-refractivity contribution in [2.45, 2.75) is 0 Å². The quantitative estimate of drug-likeness (QED) is 0.424. The van der Waals surface area contributed by atoms with Crippen LogP contribution < -0.4 is 21.7 Å². The Morgan fingerprint density at radius 3 is 2.50 bits per heavy atom. The molecule has 7 heteroatoms. The Labute approximate surface area is 148 Å². The Hall–Kier alpha value is -3.74. The Balaban J connectivity index is 2.08. The first kappa shape index (κ1) is 17.1. The summed E-state index contributed by atoms with van der Waals surface area (Å²) in [5.74, 6) is 0.161. The molecule has 0 atom stereocenters. The molecule has 3 aromatic rings. The molecule has 0 aliphatic heterocycles. The van der Waals surface area contributed by atoms with Gasteiger partial charge in [0.25, 0.3) is 5.56 Å². The van der Waals surface area contributed by atoms with Crippen molar-refractivity contribution >= 4 is 17.8 Å². The lowest BCUT2D eigenvalue weighted by Crippen LogP contribution is -2.22. The normalized spacial score (nSPS) is 11.0. The molecule has 0 aliphatic carbocycles. The van der Waals surface area contributed by atoms with Crippen LogP contribution in [0, 0.1) is 0 Å². The van der Waals surface area contributed by atoms with Gasteiger partial charge in [-0.15, -0.1) is 0 Å². The molecular weight excluding hydrogens is 334 g/mol. The summed E-state index contributed by atoms with van der Waals surface area (Å²) >= 11 is 0. The number of phenolic OH excluding ortho intramolecular Hbond substituents is 1. The second kappa shape index (κ2) is 7.02. The fraction of sp³-hybridized carbons (Fsp3) is 0.0526. The van der Waals surface area contributed by atoms with Gasteiger partial charge in [-0.1, -0.05) is 24.3 Å². The van der Waals surface area contributed by atoms with E-state index in [0.29, 0.717) is 16.8 Å². The smallest absolute Gasteiger partial charge is 0.325 e. The van der Waals surface area contributed by atoms with E-state index in [1.807, 2.05) is 18.2 Å². The number of benzene rings is 2. The summed E-state index contributed by atoms with van der Waals surface area (Å²) in [4.78, 5) is 27.8. The number of methoxy groups -OCH3 is 1. The van der Waals surface area contributed by atoms with E-state index >= 15 is 0 Å². The number of rotatable bonds is 4. The molecule has 26 heavy (non-hydrogen) atoms. The molecule has 0 unspecified atom stereocenters. The average Bonchev–Trinajstić information content (AvgIpc) is 2.61. The van der Waals surface area contributed by atoms with Crippen molar-refractivity contribution in [2.75, 3.05) is 12.8 Å². The number of aromatic hydroxyl groups is 1. The Bertz CT molecular complexity index is 1080. The summed E-state index contributed by atoms with van der Waals surface area (Å²) in [5, 5.41) is 10.3. The van der Waals surface area contributed by atoms with Gasteiger partial charge in [-0.2, -0.15) is 0 Å². The molecular formula is C19H17N3O4. The number of nitrogens with one attached hydrogen (secondary N) is 2. The number of aromatic amines is 2. The van der Waals surface area contributed by atoms with Gasteiger partial charge in [-0.05, 0) is 35.4 Å². The number of hydrogen-bond acceptors (Lipinski definition) is 5. The van der Waals surface area contributed by atoms with Crippen molar-refractivity contribution in [3.05, 3.63) is 74.6 Å². The van der Waals surface area contributed by atoms with Gasteiger partial charge in [0.2, 0.25) is 0 Å². The van der Waals surface area contributed by atoms with Crippen molar-refractivity contribution < 1.29 is 9.84 Å². The lowest BCUT2D eigenvalue weighted by Gasteiger charge is -2.10. The molecule has 0 amide bonds. The van der Waals surface area contributed by atoms with Crippen molar-refractivity contribution in [3.63, 3.8) is 0 Å². The van der Waals surface area contributed by atoms with Crippen LogP contribution in [0.2, 0.25) is 0 Å². The molecule has 0 saturated heterocycles. The number of phenols is 1. The summed E-state index contributed by atoms with van der Waals surface area (Å²) < 4.78 is 5.26. The van der Waals surface area contributed by atoms with Gasteiger partial charge in [0.05, 0.1) is 12.7 Å². The van der Waals surface area contributed by atoms with Crippen LogP contribution in [0.4, 0.5) is 5.69 Å². The Morgan fingerprint density at radius 1 is 1.12 bits per heavy atom. The zero-order chi connectivity index (χ0) is 18.7. The first-order valence-electron chi connectivity index (χ1n) is 7.75. The largest absolute Gasteiger partial charge is 0.504 e. The van der Waals surface area contributed by atoms with Gasteiger partial charge >= 0.3 is 5.69 Å². The van der Waals surface area contributed by atoms with E-state index in [0.717, 1.165) is 5.56 Å². The number of aromatic nitrogens is 2. The number of H-pyrrole nitrogens is 2. The molecule has 5 N–H and O–H groups in total. The van der Waals surface area contributed by atoms with Crippen LogP contribution in [0.15, 0.2) is 52.2 Å². The summed E-state index contributed by atoms with van der Waals surface area (Å²) in [6, 6.07) is 10.4. The molecule has 0 radical (unpaired) electrons. The summed E-state index contributed by atoms with van der Waals surface area (Å²) in [5.41, 5.74) is 7.34.